The number of hydrogen-bond acceptors (Lipinski definition) is 2. The molecule has 4 heteroatoms. The van der Waals surface area contributed by atoms with E-state index in [4.69, 9.17) is 0 Å². The highest BCUT2D eigenvalue weighted by atomic mass is 16.2. The van der Waals surface area contributed by atoms with Crippen LogP contribution in [0, 0.1) is 18.8 Å². The van der Waals surface area contributed by atoms with E-state index in [0.29, 0.717) is 25.4 Å². The van der Waals surface area contributed by atoms with Gasteiger partial charge >= 0.3 is 0 Å². The Morgan fingerprint density at radius 3 is 2.50 bits per heavy atom. The maximum atomic E-state index is 12.3. The highest BCUT2D eigenvalue weighted by molar-refractivity contribution is 5.89. The largest absolute Gasteiger partial charge is 0.353 e. The summed E-state index contributed by atoms with van der Waals surface area (Å²) >= 11 is 0. The summed E-state index contributed by atoms with van der Waals surface area (Å²) in [5, 5.41) is 3.02. The molecule has 1 aliphatic heterocycles. The van der Waals surface area contributed by atoms with Crippen molar-refractivity contribution in [2.75, 3.05) is 6.54 Å². The molecule has 1 heterocycles. The topological polar surface area (TPSA) is 49.4 Å². The molecule has 4 nitrogen and oxygen atoms in total. The van der Waals surface area contributed by atoms with Gasteiger partial charge in [-0.2, -0.15) is 0 Å². The van der Waals surface area contributed by atoms with Crippen molar-refractivity contribution in [1.82, 2.24) is 10.2 Å². The molecule has 1 N–H and O–H groups in total. The zero-order valence-corrected chi connectivity index (χ0v) is 13.9. The van der Waals surface area contributed by atoms with E-state index in [1.165, 1.54) is 5.56 Å². The van der Waals surface area contributed by atoms with Crippen molar-refractivity contribution in [1.29, 1.82) is 0 Å². The molecule has 2 unspecified atom stereocenters. The molecule has 0 bridgehead atoms. The first-order valence-corrected chi connectivity index (χ1v) is 8.00. The summed E-state index contributed by atoms with van der Waals surface area (Å²) in [7, 11) is 0. The van der Waals surface area contributed by atoms with Crippen LogP contribution in [0.15, 0.2) is 24.3 Å². The Morgan fingerprint density at radius 2 is 1.91 bits per heavy atom. The lowest BCUT2D eigenvalue weighted by molar-refractivity contribution is -0.129. The van der Waals surface area contributed by atoms with Gasteiger partial charge < -0.3 is 10.2 Å². The molecule has 120 valence electrons. The number of nitrogens with zero attached hydrogens (tertiary/aromatic N) is 1. The Balaban J connectivity index is 1.93. The first-order chi connectivity index (χ1) is 10.4. The zero-order valence-electron chi connectivity index (χ0n) is 13.9. The molecule has 1 aromatic carbocycles. The molecule has 0 aliphatic carbocycles. The number of rotatable bonds is 5. The molecule has 22 heavy (non-hydrogen) atoms. The molecular formula is C18H26N2O2. The quantitative estimate of drug-likeness (QED) is 0.908. The van der Waals surface area contributed by atoms with Crippen LogP contribution in [0.25, 0.3) is 0 Å². The van der Waals surface area contributed by atoms with Gasteiger partial charge in [0.05, 0.1) is 5.92 Å². The van der Waals surface area contributed by atoms with Crippen molar-refractivity contribution in [3.05, 3.63) is 35.4 Å². The van der Waals surface area contributed by atoms with Crippen LogP contribution in [-0.4, -0.2) is 29.3 Å². The molecule has 2 amide bonds. The van der Waals surface area contributed by atoms with Gasteiger partial charge in [0, 0.05) is 25.6 Å². The molecule has 1 saturated heterocycles. The van der Waals surface area contributed by atoms with E-state index in [-0.39, 0.29) is 23.8 Å². The van der Waals surface area contributed by atoms with Gasteiger partial charge in [0.2, 0.25) is 11.8 Å². The van der Waals surface area contributed by atoms with Crippen LogP contribution < -0.4 is 5.32 Å². The van der Waals surface area contributed by atoms with Gasteiger partial charge in [-0.25, -0.2) is 0 Å². The fourth-order valence-corrected chi connectivity index (χ4v) is 2.52. The van der Waals surface area contributed by atoms with Crippen LogP contribution in [0.5, 0.6) is 0 Å². The van der Waals surface area contributed by atoms with Crippen molar-refractivity contribution in [3.8, 4) is 0 Å². The van der Waals surface area contributed by atoms with E-state index >= 15 is 0 Å². The number of carbonyl (C=O) groups excluding carboxylic acids is 2. The highest BCUT2D eigenvalue weighted by Gasteiger charge is 2.34. The van der Waals surface area contributed by atoms with E-state index in [0.717, 1.165) is 5.56 Å². The maximum Gasteiger partial charge on any atom is 0.225 e. The second-order valence-corrected chi connectivity index (χ2v) is 6.70. The SMILES string of the molecule is Cc1ccc(CN2CC(C(=O)NC(C)C(C)C)CC2=O)cc1. The predicted molar refractivity (Wildman–Crippen MR) is 87.1 cm³/mol. The van der Waals surface area contributed by atoms with Crippen molar-refractivity contribution in [2.24, 2.45) is 11.8 Å². The fourth-order valence-electron chi connectivity index (χ4n) is 2.52. The summed E-state index contributed by atoms with van der Waals surface area (Å²) in [6.45, 7) is 9.30. The van der Waals surface area contributed by atoms with E-state index in [1.54, 1.807) is 4.90 Å². The molecule has 1 fully saturated rings. The average Bonchev–Trinajstić information content (AvgIpc) is 2.82. The average molecular weight is 302 g/mol. The third-order valence-corrected chi connectivity index (χ3v) is 4.45. The number of benzene rings is 1. The first kappa shape index (κ1) is 16.5. The third kappa shape index (κ3) is 4.09. The minimum atomic E-state index is -0.223. The summed E-state index contributed by atoms with van der Waals surface area (Å²) in [5.74, 6) is 0.239. The Hall–Kier alpha value is -1.84. The lowest BCUT2D eigenvalue weighted by Crippen LogP contribution is -2.40. The first-order valence-electron chi connectivity index (χ1n) is 8.00. The van der Waals surface area contributed by atoms with Crippen LogP contribution >= 0.6 is 0 Å². The minimum Gasteiger partial charge on any atom is -0.353 e. The van der Waals surface area contributed by atoms with Crippen molar-refractivity contribution < 1.29 is 9.59 Å². The Bertz CT molecular complexity index is 537. The van der Waals surface area contributed by atoms with Crippen molar-refractivity contribution >= 4 is 11.8 Å². The third-order valence-electron chi connectivity index (χ3n) is 4.45. The van der Waals surface area contributed by atoms with Crippen molar-refractivity contribution in [2.45, 2.75) is 46.7 Å². The molecule has 0 spiro atoms. The number of likely N-dealkylation sites (tertiary alicyclic amines) is 1. The number of nitrogens with one attached hydrogen (secondary N) is 1. The lowest BCUT2D eigenvalue weighted by atomic mass is 10.0. The Kier molecular flexibility index (Phi) is 5.22. The number of aryl methyl sites for hydroxylation is 1. The van der Waals surface area contributed by atoms with E-state index in [9.17, 15) is 9.59 Å². The number of amides is 2. The second-order valence-electron chi connectivity index (χ2n) is 6.70. The van der Waals surface area contributed by atoms with Crippen LogP contribution in [0.1, 0.15) is 38.3 Å². The van der Waals surface area contributed by atoms with Crippen LogP contribution in [0.2, 0.25) is 0 Å². The molecule has 1 aliphatic rings. The van der Waals surface area contributed by atoms with Gasteiger partial charge in [-0.05, 0) is 25.3 Å². The van der Waals surface area contributed by atoms with Gasteiger partial charge in [0.15, 0.2) is 0 Å². The van der Waals surface area contributed by atoms with Gasteiger partial charge in [-0.1, -0.05) is 43.7 Å². The predicted octanol–water partition coefficient (Wildman–Crippen LogP) is 2.50. The molecule has 0 radical (unpaired) electrons. The molecule has 0 saturated carbocycles. The summed E-state index contributed by atoms with van der Waals surface area (Å²) in [5.41, 5.74) is 2.31. The van der Waals surface area contributed by atoms with E-state index in [1.807, 2.05) is 38.1 Å². The Labute approximate surface area is 132 Å². The normalized spacial score (nSPS) is 19.6. The Morgan fingerprint density at radius 1 is 1.27 bits per heavy atom. The molecular weight excluding hydrogens is 276 g/mol. The fraction of sp³-hybridized carbons (Fsp3) is 0.556. The lowest BCUT2D eigenvalue weighted by Gasteiger charge is -2.20. The molecule has 1 aromatic rings. The zero-order chi connectivity index (χ0) is 16.3. The summed E-state index contributed by atoms with van der Waals surface area (Å²) in [6, 6.07) is 8.30. The molecule has 2 rings (SSSR count). The smallest absolute Gasteiger partial charge is 0.225 e. The standard InChI is InChI=1S/C18H26N2O2/c1-12(2)14(4)19-18(22)16-9-17(21)20(11-16)10-15-7-5-13(3)6-8-15/h5-8,12,14,16H,9-11H2,1-4H3,(H,19,22). The number of carbonyl (C=O) groups is 2. The van der Waals surface area contributed by atoms with Crippen molar-refractivity contribution in [3.63, 3.8) is 0 Å². The van der Waals surface area contributed by atoms with Crippen LogP contribution in [-0.2, 0) is 16.1 Å². The van der Waals surface area contributed by atoms with E-state index in [2.05, 4.69) is 19.2 Å². The molecule has 2 atom stereocenters. The van der Waals surface area contributed by atoms with Gasteiger partial charge in [-0.15, -0.1) is 0 Å². The highest BCUT2D eigenvalue weighted by Crippen LogP contribution is 2.21. The van der Waals surface area contributed by atoms with Gasteiger partial charge in [-0.3, -0.25) is 9.59 Å². The number of hydrogen-bond donors (Lipinski definition) is 1. The summed E-state index contributed by atoms with van der Waals surface area (Å²) in [4.78, 5) is 26.2. The van der Waals surface area contributed by atoms with Gasteiger partial charge in [0.1, 0.15) is 0 Å². The van der Waals surface area contributed by atoms with Gasteiger partial charge in [0.25, 0.3) is 0 Å². The van der Waals surface area contributed by atoms with Crippen LogP contribution in [0.3, 0.4) is 0 Å². The monoisotopic (exact) mass is 302 g/mol. The summed E-state index contributed by atoms with van der Waals surface area (Å²) in [6.07, 6.45) is 0.322. The molecule has 0 aromatic heterocycles. The second kappa shape index (κ2) is 6.95. The van der Waals surface area contributed by atoms with Crippen LogP contribution in [0.4, 0.5) is 0 Å². The summed E-state index contributed by atoms with van der Waals surface area (Å²) < 4.78 is 0. The maximum absolute atomic E-state index is 12.3. The minimum absolute atomic E-state index is 0.000885. The van der Waals surface area contributed by atoms with E-state index < -0.39 is 0 Å².